The molecule has 0 unspecified atom stereocenters. The molecule has 1 aromatic carbocycles. The Bertz CT molecular complexity index is 527. The van der Waals surface area contributed by atoms with Gasteiger partial charge >= 0.3 is 11.9 Å². The normalized spacial score (nSPS) is 11.5. The SMILES string of the molecule is CCOC(=O)c1ccccc1NC(=O)C[C@H](C)CC(=O)O. The summed E-state index contributed by atoms with van der Waals surface area (Å²) in [6.07, 6.45) is -0.00357. The first-order valence-electron chi connectivity index (χ1n) is 6.71. The number of rotatable bonds is 7. The quantitative estimate of drug-likeness (QED) is 0.752. The lowest BCUT2D eigenvalue weighted by atomic mass is 10.0. The molecule has 0 saturated heterocycles. The van der Waals surface area contributed by atoms with Crippen LogP contribution in [-0.2, 0) is 14.3 Å². The molecular weight excluding hydrogens is 274 g/mol. The first-order chi connectivity index (χ1) is 9.93. The lowest BCUT2D eigenvalue weighted by Crippen LogP contribution is -2.19. The fourth-order valence-corrected chi connectivity index (χ4v) is 1.87. The molecule has 0 fully saturated rings. The molecule has 0 aromatic heterocycles. The molecule has 1 aromatic rings. The molecule has 2 N–H and O–H groups in total. The number of nitrogens with one attached hydrogen (secondary N) is 1. The lowest BCUT2D eigenvalue weighted by molar-refractivity contribution is -0.138. The number of esters is 1. The van der Waals surface area contributed by atoms with E-state index in [0.29, 0.717) is 5.69 Å². The molecule has 6 heteroatoms. The predicted molar refractivity (Wildman–Crippen MR) is 77.1 cm³/mol. The molecular formula is C15H19NO5. The Hall–Kier alpha value is -2.37. The molecule has 0 aliphatic carbocycles. The number of hydrogen-bond donors (Lipinski definition) is 2. The maximum atomic E-state index is 11.9. The van der Waals surface area contributed by atoms with Gasteiger partial charge in [-0.25, -0.2) is 4.79 Å². The number of amides is 1. The van der Waals surface area contributed by atoms with Crippen molar-refractivity contribution in [3.63, 3.8) is 0 Å². The minimum Gasteiger partial charge on any atom is -0.481 e. The zero-order valence-electron chi connectivity index (χ0n) is 12.1. The Morgan fingerprint density at radius 3 is 2.52 bits per heavy atom. The summed E-state index contributed by atoms with van der Waals surface area (Å²) >= 11 is 0. The van der Waals surface area contributed by atoms with Crippen LogP contribution in [0.1, 0.15) is 37.0 Å². The molecule has 0 spiro atoms. The number of benzene rings is 1. The molecule has 0 saturated carbocycles. The smallest absolute Gasteiger partial charge is 0.340 e. The fourth-order valence-electron chi connectivity index (χ4n) is 1.87. The summed E-state index contributed by atoms with van der Waals surface area (Å²) in [6, 6.07) is 6.54. The standard InChI is InChI=1S/C15H19NO5/c1-3-21-15(20)11-6-4-5-7-12(11)16-13(17)8-10(2)9-14(18)19/h4-7,10H,3,8-9H2,1-2H3,(H,16,17)(H,18,19)/t10-/m0/s1. The van der Waals surface area contributed by atoms with Crippen LogP contribution < -0.4 is 5.32 Å². The van der Waals surface area contributed by atoms with Crippen molar-refractivity contribution in [2.75, 3.05) is 11.9 Å². The van der Waals surface area contributed by atoms with Gasteiger partial charge in [0.05, 0.1) is 17.9 Å². The van der Waals surface area contributed by atoms with Crippen LogP contribution in [0.3, 0.4) is 0 Å². The van der Waals surface area contributed by atoms with Crippen molar-refractivity contribution in [2.45, 2.75) is 26.7 Å². The van der Waals surface area contributed by atoms with Crippen molar-refractivity contribution in [1.82, 2.24) is 0 Å². The molecule has 1 amide bonds. The third-order valence-corrected chi connectivity index (χ3v) is 2.75. The molecule has 0 aliphatic rings. The molecule has 1 atom stereocenters. The number of carboxylic acids is 1. The van der Waals surface area contributed by atoms with Crippen LogP contribution in [-0.4, -0.2) is 29.6 Å². The Labute approximate surface area is 123 Å². The number of carbonyl (C=O) groups is 3. The molecule has 6 nitrogen and oxygen atoms in total. The van der Waals surface area contributed by atoms with Crippen LogP contribution in [0, 0.1) is 5.92 Å². The molecule has 21 heavy (non-hydrogen) atoms. The van der Waals surface area contributed by atoms with Gasteiger partial charge in [0, 0.05) is 12.8 Å². The maximum absolute atomic E-state index is 11.9. The van der Waals surface area contributed by atoms with Crippen molar-refractivity contribution in [3.8, 4) is 0 Å². The summed E-state index contributed by atoms with van der Waals surface area (Å²) in [5, 5.41) is 11.3. The zero-order chi connectivity index (χ0) is 15.8. The van der Waals surface area contributed by atoms with Gasteiger partial charge in [-0.15, -0.1) is 0 Å². The highest BCUT2D eigenvalue weighted by Gasteiger charge is 2.16. The van der Waals surface area contributed by atoms with Crippen LogP contribution in [0.15, 0.2) is 24.3 Å². The van der Waals surface area contributed by atoms with Crippen molar-refractivity contribution in [3.05, 3.63) is 29.8 Å². The molecule has 0 aliphatic heterocycles. The lowest BCUT2D eigenvalue weighted by Gasteiger charge is -2.12. The number of hydrogen-bond acceptors (Lipinski definition) is 4. The van der Waals surface area contributed by atoms with Gasteiger partial charge in [-0.1, -0.05) is 19.1 Å². The summed E-state index contributed by atoms with van der Waals surface area (Å²) in [7, 11) is 0. The zero-order valence-corrected chi connectivity index (χ0v) is 12.1. The fraction of sp³-hybridized carbons (Fsp3) is 0.400. The topological polar surface area (TPSA) is 92.7 Å². The largest absolute Gasteiger partial charge is 0.481 e. The van der Waals surface area contributed by atoms with Crippen molar-refractivity contribution in [2.24, 2.45) is 5.92 Å². The predicted octanol–water partition coefficient (Wildman–Crippen LogP) is 2.30. The molecule has 1 rings (SSSR count). The number of carbonyl (C=O) groups excluding carboxylic acids is 2. The van der Waals surface area contributed by atoms with E-state index in [1.54, 1.807) is 38.1 Å². The van der Waals surface area contributed by atoms with Crippen LogP contribution in [0.25, 0.3) is 0 Å². The van der Waals surface area contributed by atoms with E-state index in [9.17, 15) is 14.4 Å². The Morgan fingerprint density at radius 1 is 1.24 bits per heavy atom. The summed E-state index contributed by atoms with van der Waals surface area (Å²) in [5.41, 5.74) is 0.641. The first kappa shape index (κ1) is 16.7. The van der Waals surface area contributed by atoms with Gasteiger partial charge in [0.25, 0.3) is 0 Å². The van der Waals surface area contributed by atoms with Crippen molar-refractivity contribution < 1.29 is 24.2 Å². The van der Waals surface area contributed by atoms with E-state index in [1.807, 2.05) is 0 Å². The summed E-state index contributed by atoms with van der Waals surface area (Å²) in [5.74, 6) is -2.06. The van der Waals surface area contributed by atoms with E-state index in [4.69, 9.17) is 9.84 Å². The molecule has 0 heterocycles. The van der Waals surface area contributed by atoms with Gasteiger partial charge in [-0.05, 0) is 25.0 Å². The Kier molecular flexibility index (Phi) is 6.39. The Morgan fingerprint density at radius 2 is 1.90 bits per heavy atom. The number of para-hydroxylation sites is 1. The van der Waals surface area contributed by atoms with Crippen molar-refractivity contribution >= 4 is 23.5 Å². The third kappa shape index (κ3) is 5.64. The van der Waals surface area contributed by atoms with Gasteiger partial charge in [-0.2, -0.15) is 0 Å². The summed E-state index contributed by atoms with van der Waals surface area (Å²) < 4.78 is 4.92. The number of anilines is 1. The molecule has 0 radical (unpaired) electrons. The highest BCUT2D eigenvalue weighted by Crippen LogP contribution is 2.17. The van der Waals surface area contributed by atoms with Crippen LogP contribution in [0.4, 0.5) is 5.69 Å². The Balaban J connectivity index is 2.72. The monoisotopic (exact) mass is 293 g/mol. The van der Waals surface area contributed by atoms with Crippen molar-refractivity contribution in [1.29, 1.82) is 0 Å². The minimum absolute atomic E-state index is 0.0729. The van der Waals surface area contributed by atoms with Gasteiger partial charge < -0.3 is 15.2 Å². The summed E-state index contributed by atoms with van der Waals surface area (Å²) in [6.45, 7) is 3.63. The summed E-state index contributed by atoms with van der Waals surface area (Å²) in [4.78, 5) is 34.2. The van der Waals surface area contributed by atoms with E-state index in [0.717, 1.165) is 0 Å². The van der Waals surface area contributed by atoms with E-state index in [-0.39, 0.29) is 36.8 Å². The average molecular weight is 293 g/mol. The van der Waals surface area contributed by atoms with Gasteiger partial charge in [0.15, 0.2) is 0 Å². The highest BCUT2D eigenvalue weighted by atomic mass is 16.5. The van der Waals surface area contributed by atoms with E-state index in [2.05, 4.69) is 5.32 Å². The number of carboxylic acid groups (broad SMARTS) is 1. The van der Waals surface area contributed by atoms with Gasteiger partial charge in [0.1, 0.15) is 0 Å². The van der Waals surface area contributed by atoms with Gasteiger partial charge in [0.2, 0.25) is 5.91 Å². The van der Waals surface area contributed by atoms with Gasteiger partial charge in [-0.3, -0.25) is 9.59 Å². The molecule has 114 valence electrons. The average Bonchev–Trinajstić information content (AvgIpc) is 2.38. The highest BCUT2D eigenvalue weighted by molar-refractivity contribution is 6.01. The van der Waals surface area contributed by atoms with E-state index < -0.39 is 11.9 Å². The number of ether oxygens (including phenoxy) is 1. The van der Waals surface area contributed by atoms with Crippen LogP contribution >= 0.6 is 0 Å². The van der Waals surface area contributed by atoms with E-state index >= 15 is 0 Å². The first-order valence-corrected chi connectivity index (χ1v) is 6.71. The maximum Gasteiger partial charge on any atom is 0.340 e. The minimum atomic E-state index is -0.942. The van der Waals surface area contributed by atoms with Crippen LogP contribution in [0.5, 0.6) is 0 Å². The second kappa shape index (κ2) is 8.04. The second-order valence-electron chi connectivity index (χ2n) is 4.72. The molecule has 0 bridgehead atoms. The number of aliphatic carboxylic acids is 1. The van der Waals surface area contributed by atoms with Crippen LogP contribution in [0.2, 0.25) is 0 Å². The van der Waals surface area contributed by atoms with E-state index in [1.165, 1.54) is 0 Å². The third-order valence-electron chi connectivity index (χ3n) is 2.75. The second-order valence-corrected chi connectivity index (χ2v) is 4.72.